The van der Waals surface area contributed by atoms with Gasteiger partial charge in [-0.25, -0.2) is 0 Å². The van der Waals surface area contributed by atoms with Gasteiger partial charge in [-0.1, -0.05) is 48.0 Å². The maximum Gasteiger partial charge on any atom is 0.132 e. The van der Waals surface area contributed by atoms with Gasteiger partial charge in [0.1, 0.15) is 17.6 Å². The number of ether oxygens (including phenoxy) is 1. The van der Waals surface area contributed by atoms with E-state index in [1.807, 2.05) is 18.4 Å². The lowest BCUT2D eigenvalue weighted by atomic mass is 10.0. The molecule has 0 aliphatic carbocycles. The first-order valence-electron chi connectivity index (χ1n) is 7.66. The Hall–Kier alpha value is -2.35. The van der Waals surface area contributed by atoms with E-state index < -0.39 is 0 Å². The van der Waals surface area contributed by atoms with Crippen LogP contribution in [0.4, 0.5) is 0 Å². The van der Waals surface area contributed by atoms with Gasteiger partial charge in [0, 0.05) is 12.6 Å². The van der Waals surface area contributed by atoms with Crippen LogP contribution >= 0.6 is 0 Å². The molecule has 1 aliphatic heterocycles. The van der Waals surface area contributed by atoms with Crippen molar-refractivity contribution in [2.45, 2.75) is 33.2 Å². The number of hydrogen-bond donors (Lipinski definition) is 0. The highest BCUT2D eigenvalue weighted by Crippen LogP contribution is 2.29. The molecule has 0 N–H and O–H groups in total. The SMILES string of the molecule is Cc1cc(C)c(OC2=CC=NC2Cc2ccccc2)c(C)c1. The number of nitrogens with zero attached hydrogens (tertiary/aromatic N) is 1. The number of aliphatic imine (C=N–C) groups is 1. The second kappa shape index (κ2) is 6.18. The monoisotopic (exact) mass is 291 g/mol. The van der Waals surface area contributed by atoms with Crippen molar-refractivity contribution < 1.29 is 4.74 Å². The number of aryl methyl sites for hydroxylation is 3. The summed E-state index contributed by atoms with van der Waals surface area (Å²) in [7, 11) is 0. The molecule has 0 radical (unpaired) electrons. The predicted molar refractivity (Wildman–Crippen MR) is 91.8 cm³/mol. The van der Waals surface area contributed by atoms with E-state index >= 15 is 0 Å². The van der Waals surface area contributed by atoms with Crippen molar-refractivity contribution in [3.8, 4) is 5.75 Å². The smallest absolute Gasteiger partial charge is 0.132 e. The summed E-state index contributed by atoms with van der Waals surface area (Å²) < 4.78 is 6.21. The quantitative estimate of drug-likeness (QED) is 0.808. The fourth-order valence-electron chi connectivity index (χ4n) is 2.94. The summed E-state index contributed by atoms with van der Waals surface area (Å²) >= 11 is 0. The Balaban J connectivity index is 1.78. The molecule has 2 aromatic rings. The van der Waals surface area contributed by atoms with E-state index in [0.29, 0.717) is 0 Å². The highest BCUT2D eigenvalue weighted by atomic mass is 16.5. The normalized spacial score (nSPS) is 16.7. The molecular weight excluding hydrogens is 270 g/mol. The Labute approximate surface area is 132 Å². The average Bonchev–Trinajstić information content (AvgIpc) is 2.91. The lowest BCUT2D eigenvalue weighted by Crippen LogP contribution is -2.14. The van der Waals surface area contributed by atoms with E-state index in [1.54, 1.807) is 0 Å². The molecule has 3 rings (SSSR count). The van der Waals surface area contributed by atoms with Crippen molar-refractivity contribution in [2.75, 3.05) is 0 Å². The Morgan fingerprint density at radius 2 is 1.68 bits per heavy atom. The fraction of sp³-hybridized carbons (Fsp3) is 0.250. The van der Waals surface area contributed by atoms with Gasteiger partial charge in [-0.2, -0.15) is 0 Å². The first-order valence-corrected chi connectivity index (χ1v) is 7.66. The lowest BCUT2D eigenvalue weighted by molar-refractivity contribution is 0.383. The van der Waals surface area contributed by atoms with Crippen molar-refractivity contribution in [2.24, 2.45) is 4.99 Å². The Morgan fingerprint density at radius 1 is 1.00 bits per heavy atom. The molecule has 1 atom stereocenters. The van der Waals surface area contributed by atoms with Crippen LogP contribution in [0.2, 0.25) is 0 Å². The Morgan fingerprint density at radius 3 is 2.36 bits per heavy atom. The molecule has 0 saturated carbocycles. The van der Waals surface area contributed by atoms with E-state index in [4.69, 9.17) is 4.74 Å². The van der Waals surface area contributed by atoms with Gasteiger partial charge >= 0.3 is 0 Å². The first kappa shape index (κ1) is 14.6. The minimum absolute atomic E-state index is 0.0718. The second-order valence-electron chi connectivity index (χ2n) is 5.90. The summed E-state index contributed by atoms with van der Waals surface area (Å²) in [6, 6.07) is 14.8. The van der Waals surface area contributed by atoms with Crippen LogP contribution < -0.4 is 4.74 Å². The zero-order chi connectivity index (χ0) is 15.5. The van der Waals surface area contributed by atoms with Crippen LogP contribution in [0.15, 0.2) is 59.3 Å². The van der Waals surface area contributed by atoms with E-state index in [-0.39, 0.29) is 6.04 Å². The van der Waals surface area contributed by atoms with Crippen LogP contribution in [0.5, 0.6) is 5.75 Å². The average molecular weight is 291 g/mol. The molecule has 112 valence electrons. The van der Waals surface area contributed by atoms with E-state index in [2.05, 4.69) is 62.2 Å². The van der Waals surface area contributed by atoms with Gasteiger partial charge in [-0.15, -0.1) is 0 Å². The molecule has 2 nitrogen and oxygen atoms in total. The minimum atomic E-state index is 0.0718. The van der Waals surface area contributed by atoms with Gasteiger partial charge in [0.2, 0.25) is 0 Å². The van der Waals surface area contributed by atoms with Crippen LogP contribution in [0, 0.1) is 20.8 Å². The third kappa shape index (κ3) is 3.11. The van der Waals surface area contributed by atoms with Gasteiger partial charge in [0.15, 0.2) is 0 Å². The summed E-state index contributed by atoms with van der Waals surface area (Å²) in [6.07, 6.45) is 4.70. The molecule has 0 aromatic heterocycles. The zero-order valence-electron chi connectivity index (χ0n) is 13.3. The van der Waals surface area contributed by atoms with E-state index in [9.17, 15) is 0 Å². The largest absolute Gasteiger partial charge is 0.459 e. The van der Waals surface area contributed by atoms with Crippen molar-refractivity contribution >= 4 is 6.21 Å². The molecule has 1 aliphatic rings. The molecule has 2 heteroatoms. The lowest BCUT2D eigenvalue weighted by Gasteiger charge is -2.18. The highest BCUT2D eigenvalue weighted by molar-refractivity contribution is 5.75. The summed E-state index contributed by atoms with van der Waals surface area (Å²) in [5.41, 5.74) is 4.88. The molecule has 0 amide bonds. The van der Waals surface area contributed by atoms with Gasteiger partial charge < -0.3 is 4.74 Å². The molecule has 1 heterocycles. The number of benzene rings is 2. The van der Waals surface area contributed by atoms with Crippen LogP contribution in [0.1, 0.15) is 22.3 Å². The molecule has 0 bridgehead atoms. The predicted octanol–water partition coefficient (Wildman–Crippen LogP) is 4.57. The molecule has 2 aromatic carbocycles. The minimum Gasteiger partial charge on any atom is -0.459 e. The molecule has 22 heavy (non-hydrogen) atoms. The number of allylic oxidation sites excluding steroid dienone is 1. The third-order valence-corrected chi connectivity index (χ3v) is 3.93. The Bertz CT molecular complexity index is 706. The van der Waals surface area contributed by atoms with Gasteiger partial charge in [-0.05, 0) is 43.5 Å². The summed E-state index contributed by atoms with van der Waals surface area (Å²) in [5, 5.41) is 0. The van der Waals surface area contributed by atoms with Crippen LogP contribution in [-0.2, 0) is 6.42 Å². The summed E-state index contributed by atoms with van der Waals surface area (Å²) in [4.78, 5) is 4.54. The fourth-order valence-corrected chi connectivity index (χ4v) is 2.94. The van der Waals surface area contributed by atoms with E-state index in [1.165, 1.54) is 22.3 Å². The topological polar surface area (TPSA) is 21.6 Å². The Kier molecular flexibility index (Phi) is 4.10. The molecular formula is C20H21NO. The van der Waals surface area contributed by atoms with Crippen molar-refractivity contribution in [3.05, 3.63) is 76.6 Å². The first-order chi connectivity index (χ1) is 10.6. The maximum atomic E-state index is 6.21. The molecule has 0 fully saturated rings. The van der Waals surface area contributed by atoms with Gasteiger partial charge in [0.25, 0.3) is 0 Å². The third-order valence-electron chi connectivity index (χ3n) is 3.93. The maximum absolute atomic E-state index is 6.21. The van der Waals surface area contributed by atoms with Gasteiger partial charge in [-0.3, -0.25) is 4.99 Å². The molecule has 0 saturated heterocycles. The number of hydrogen-bond acceptors (Lipinski definition) is 2. The van der Waals surface area contributed by atoms with Gasteiger partial charge in [0.05, 0.1) is 0 Å². The molecule has 1 unspecified atom stereocenters. The number of rotatable bonds is 4. The second-order valence-corrected chi connectivity index (χ2v) is 5.90. The van der Waals surface area contributed by atoms with Crippen LogP contribution in [-0.4, -0.2) is 12.3 Å². The van der Waals surface area contributed by atoms with E-state index in [0.717, 1.165) is 17.9 Å². The van der Waals surface area contributed by atoms with Crippen LogP contribution in [0.3, 0.4) is 0 Å². The van der Waals surface area contributed by atoms with Crippen molar-refractivity contribution in [1.82, 2.24) is 0 Å². The summed E-state index contributed by atoms with van der Waals surface area (Å²) in [6.45, 7) is 6.30. The van der Waals surface area contributed by atoms with Crippen molar-refractivity contribution in [3.63, 3.8) is 0 Å². The molecule has 0 spiro atoms. The highest BCUT2D eigenvalue weighted by Gasteiger charge is 2.20. The van der Waals surface area contributed by atoms with Crippen molar-refractivity contribution in [1.29, 1.82) is 0 Å². The summed E-state index contributed by atoms with van der Waals surface area (Å²) in [5.74, 6) is 1.89. The van der Waals surface area contributed by atoms with Crippen LogP contribution in [0.25, 0.3) is 0 Å². The standard InChI is InChI=1S/C20H21NO/c1-14-11-15(2)20(16(3)12-14)22-19-9-10-21-18(19)13-17-7-5-4-6-8-17/h4-12,18H,13H2,1-3H3. The zero-order valence-corrected chi connectivity index (χ0v) is 13.3.